The molecule has 1 aliphatic heterocycles. The molecule has 2 aromatic rings. The summed E-state index contributed by atoms with van der Waals surface area (Å²) in [5.41, 5.74) is 4.60. The minimum absolute atomic E-state index is 0.00246. The zero-order chi connectivity index (χ0) is 19.6. The van der Waals surface area contributed by atoms with Crippen molar-refractivity contribution in [2.24, 2.45) is 5.92 Å². The zero-order valence-corrected chi connectivity index (χ0v) is 17.6. The van der Waals surface area contributed by atoms with Crippen LogP contribution in [-0.4, -0.2) is 34.9 Å². The van der Waals surface area contributed by atoms with Crippen LogP contribution in [0.15, 0.2) is 36.4 Å². The third-order valence-corrected chi connectivity index (χ3v) is 5.84. The summed E-state index contributed by atoms with van der Waals surface area (Å²) in [5, 5.41) is 0. The molecule has 1 saturated heterocycles. The summed E-state index contributed by atoms with van der Waals surface area (Å²) in [5.74, 6) is 1.00. The first-order valence-corrected chi connectivity index (χ1v) is 10.2. The molecule has 27 heavy (non-hydrogen) atoms. The molecule has 0 radical (unpaired) electrons. The molecule has 0 unspecified atom stereocenters. The summed E-state index contributed by atoms with van der Waals surface area (Å²) in [6.45, 7) is 13.4. The lowest BCUT2D eigenvalue weighted by Crippen LogP contribution is -2.38. The van der Waals surface area contributed by atoms with E-state index in [1.807, 2.05) is 0 Å². The Balaban J connectivity index is 1.57. The number of piperidine rings is 1. The van der Waals surface area contributed by atoms with Gasteiger partial charge in [0, 0.05) is 22.5 Å². The predicted octanol–water partition coefficient (Wildman–Crippen LogP) is 5.00. The van der Waals surface area contributed by atoms with Gasteiger partial charge in [-0.2, -0.15) is 0 Å². The van der Waals surface area contributed by atoms with E-state index in [0.717, 1.165) is 36.7 Å². The van der Waals surface area contributed by atoms with Crippen LogP contribution in [0.1, 0.15) is 60.9 Å². The Morgan fingerprint density at radius 3 is 2.26 bits per heavy atom. The van der Waals surface area contributed by atoms with Gasteiger partial charge in [-0.3, -0.25) is 9.69 Å². The van der Waals surface area contributed by atoms with Gasteiger partial charge in [0.25, 0.3) is 0 Å². The smallest absolute Gasteiger partial charge is 0.178 e. The molecule has 0 atom stereocenters. The van der Waals surface area contributed by atoms with Crippen molar-refractivity contribution in [3.8, 4) is 0 Å². The van der Waals surface area contributed by atoms with E-state index in [9.17, 15) is 4.79 Å². The Hall–Kier alpha value is -1.87. The first-order chi connectivity index (χ1) is 12.8. The van der Waals surface area contributed by atoms with Crippen molar-refractivity contribution in [1.29, 1.82) is 0 Å². The fourth-order valence-electron chi connectivity index (χ4n) is 4.66. The van der Waals surface area contributed by atoms with Crippen LogP contribution < -0.4 is 0 Å². The molecule has 1 fully saturated rings. The van der Waals surface area contributed by atoms with Gasteiger partial charge in [-0.15, -0.1) is 0 Å². The normalized spacial score (nSPS) is 16.6. The molecule has 0 amide bonds. The summed E-state index contributed by atoms with van der Waals surface area (Å²) in [7, 11) is 0. The van der Waals surface area contributed by atoms with Crippen LogP contribution in [0.25, 0.3) is 0 Å². The number of Topliss-reactive ketones (excluding diaryl/α,β-unsaturated/α-hetero) is 1. The lowest BCUT2D eigenvalue weighted by atomic mass is 9.90. The predicted molar refractivity (Wildman–Crippen MR) is 113 cm³/mol. The molecule has 2 heterocycles. The van der Waals surface area contributed by atoms with Gasteiger partial charge < -0.3 is 4.57 Å². The van der Waals surface area contributed by atoms with Crippen molar-refractivity contribution < 1.29 is 4.79 Å². The Labute approximate surface area is 164 Å². The van der Waals surface area contributed by atoms with Crippen LogP contribution in [0.4, 0.5) is 0 Å². The number of nitrogens with zero attached hydrogens (tertiary/aromatic N) is 2. The highest BCUT2D eigenvalue weighted by Crippen LogP contribution is 2.26. The lowest BCUT2D eigenvalue weighted by Gasteiger charge is -2.31. The lowest BCUT2D eigenvalue weighted by molar-refractivity contribution is 0.0894. The minimum atomic E-state index is 0.00246. The number of carbonyl (C=O) groups excluding carboxylic acids is 1. The highest BCUT2D eigenvalue weighted by molar-refractivity contribution is 5.99. The van der Waals surface area contributed by atoms with Crippen molar-refractivity contribution in [3.05, 3.63) is 58.9 Å². The minimum Gasteiger partial charge on any atom is -0.343 e. The SMILES string of the molecule is Cc1cc(C(=O)CN2CCC(Cc3ccccc3)CC2)c(C)n1C(C)(C)C. The summed E-state index contributed by atoms with van der Waals surface area (Å²) in [4.78, 5) is 15.3. The van der Waals surface area contributed by atoms with Gasteiger partial charge in [0.1, 0.15) is 0 Å². The number of hydrogen-bond acceptors (Lipinski definition) is 2. The molecule has 3 heteroatoms. The van der Waals surface area contributed by atoms with E-state index in [-0.39, 0.29) is 11.3 Å². The third-order valence-electron chi connectivity index (χ3n) is 5.84. The highest BCUT2D eigenvalue weighted by atomic mass is 16.1. The van der Waals surface area contributed by atoms with Crippen LogP contribution in [0.2, 0.25) is 0 Å². The van der Waals surface area contributed by atoms with Crippen molar-refractivity contribution >= 4 is 5.78 Å². The summed E-state index contributed by atoms with van der Waals surface area (Å²) in [6, 6.07) is 12.8. The molecule has 1 aromatic carbocycles. The van der Waals surface area contributed by atoms with Gasteiger partial charge in [-0.25, -0.2) is 0 Å². The molecule has 0 bridgehead atoms. The molecule has 0 N–H and O–H groups in total. The van der Waals surface area contributed by atoms with E-state index in [1.165, 1.54) is 24.1 Å². The van der Waals surface area contributed by atoms with Crippen molar-refractivity contribution in [1.82, 2.24) is 9.47 Å². The largest absolute Gasteiger partial charge is 0.343 e. The molecule has 146 valence electrons. The van der Waals surface area contributed by atoms with Gasteiger partial charge in [0.15, 0.2) is 5.78 Å². The number of ketones is 1. The fourth-order valence-corrected chi connectivity index (χ4v) is 4.66. The van der Waals surface area contributed by atoms with E-state index in [0.29, 0.717) is 6.54 Å². The number of hydrogen-bond donors (Lipinski definition) is 0. The van der Waals surface area contributed by atoms with Gasteiger partial charge in [-0.1, -0.05) is 30.3 Å². The Morgan fingerprint density at radius 1 is 1.07 bits per heavy atom. The van der Waals surface area contributed by atoms with Crippen molar-refractivity contribution in [3.63, 3.8) is 0 Å². The van der Waals surface area contributed by atoms with Crippen LogP contribution in [0, 0.1) is 19.8 Å². The molecule has 0 saturated carbocycles. The molecule has 1 aliphatic rings. The van der Waals surface area contributed by atoms with E-state index in [2.05, 4.69) is 80.5 Å². The van der Waals surface area contributed by atoms with Gasteiger partial charge in [-0.05, 0) is 84.5 Å². The molecular weight excluding hydrogens is 332 g/mol. The quantitative estimate of drug-likeness (QED) is 0.696. The number of rotatable bonds is 5. The van der Waals surface area contributed by atoms with E-state index >= 15 is 0 Å². The maximum atomic E-state index is 12.9. The molecule has 3 rings (SSSR count). The second kappa shape index (κ2) is 8.02. The van der Waals surface area contributed by atoms with E-state index in [4.69, 9.17) is 0 Å². The van der Waals surface area contributed by atoms with Crippen molar-refractivity contribution in [2.75, 3.05) is 19.6 Å². The van der Waals surface area contributed by atoms with Gasteiger partial charge in [0.2, 0.25) is 0 Å². The van der Waals surface area contributed by atoms with Gasteiger partial charge in [0.05, 0.1) is 6.54 Å². The van der Waals surface area contributed by atoms with Crippen LogP contribution in [0.5, 0.6) is 0 Å². The highest BCUT2D eigenvalue weighted by Gasteiger charge is 2.25. The van der Waals surface area contributed by atoms with Crippen LogP contribution >= 0.6 is 0 Å². The molecular formula is C24H34N2O. The van der Waals surface area contributed by atoms with E-state index in [1.54, 1.807) is 0 Å². The number of aryl methyl sites for hydroxylation is 1. The van der Waals surface area contributed by atoms with Crippen LogP contribution in [0.3, 0.4) is 0 Å². The Morgan fingerprint density at radius 2 is 1.70 bits per heavy atom. The number of carbonyl (C=O) groups is 1. The topological polar surface area (TPSA) is 25.2 Å². The third kappa shape index (κ3) is 4.70. The monoisotopic (exact) mass is 366 g/mol. The second-order valence-corrected chi connectivity index (χ2v) is 9.12. The second-order valence-electron chi connectivity index (χ2n) is 9.12. The average molecular weight is 367 g/mol. The standard InChI is InChI=1S/C24H34N2O/c1-18-15-22(19(2)26(18)24(3,4)5)23(27)17-25-13-11-21(12-14-25)16-20-9-7-6-8-10-20/h6-10,15,21H,11-14,16-17H2,1-5H3. The molecule has 0 aliphatic carbocycles. The first kappa shape index (κ1) is 19.9. The molecule has 3 nitrogen and oxygen atoms in total. The summed E-state index contributed by atoms with van der Waals surface area (Å²) < 4.78 is 2.28. The maximum absolute atomic E-state index is 12.9. The van der Waals surface area contributed by atoms with E-state index < -0.39 is 0 Å². The Kier molecular flexibility index (Phi) is 5.90. The Bertz CT molecular complexity index is 775. The summed E-state index contributed by atoms with van der Waals surface area (Å²) >= 11 is 0. The average Bonchev–Trinajstić information content (AvgIpc) is 2.92. The number of likely N-dealkylation sites (tertiary alicyclic amines) is 1. The van der Waals surface area contributed by atoms with Crippen molar-refractivity contribution in [2.45, 2.75) is 59.4 Å². The van der Waals surface area contributed by atoms with Crippen LogP contribution in [-0.2, 0) is 12.0 Å². The zero-order valence-electron chi connectivity index (χ0n) is 17.6. The summed E-state index contributed by atoms with van der Waals surface area (Å²) in [6.07, 6.45) is 3.53. The number of benzene rings is 1. The van der Waals surface area contributed by atoms with Gasteiger partial charge >= 0.3 is 0 Å². The maximum Gasteiger partial charge on any atom is 0.178 e. The first-order valence-electron chi connectivity index (χ1n) is 10.2. The fraction of sp³-hybridized carbons (Fsp3) is 0.542. The number of aromatic nitrogens is 1. The molecule has 1 aromatic heterocycles. The molecule has 0 spiro atoms.